The van der Waals surface area contributed by atoms with E-state index in [2.05, 4.69) is 21.2 Å². The smallest absolute Gasteiger partial charge is 0.264 e. The summed E-state index contributed by atoms with van der Waals surface area (Å²) in [6, 6.07) is 19.5. The minimum absolute atomic E-state index is 0.0684. The number of carbonyl (C=O) groups excluding carboxylic acids is 2. The van der Waals surface area contributed by atoms with E-state index in [0.29, 0.717) is 17.9 Å². The van der Waals surface area contributed by atoms with Crippen molar-refractivity contribution in [3.8, 4) is 5.75 Å². The van der Waals surface area contributed by atoms with E-state index in [1.54, 1.807) is 55.6 Å². The predicted octanol–water partition coefficient (Wildman–Crippen LogP) is 4.51. The lowest BCUT2D eigenvalue weighted by Gasteiger charge is -2.33. The number of hydrogen-bond donors (Lipinski definition) is 1. The van der Waals surface area contributed by atoms with Crippen LogP contribution < -0.4 is 14.4 Å². The van der Waals surface area contributed by atoms with Crippen LogP contribution in [0.15, 0.2) is 82.2 Å². The van der Waals surface area contributed by atoms with Crippen LogP contribution in [0.25, 0.3) is 0 Å². The highest BCUT2D eigenvalue weighted by atomic mass is 79.9. The molecule has 0 saturated heterocycles. The third-order valence-corrected chi connectivity index (χ3v) is 8.46. The second kappa shape index (κ2) is 12.9. The molecule has 0 heterocycles. The SMILES string of the molecule is CC[C@H](C(=O)NC)N(Cc1ccc(OC)cc1)C(=O)CN(c1ccc(Br)cc1)S(=O)(=O)c1ccc(C)cc1. The van der Waals surface area contributed by atoms with Gasteiger partial charge in [0.2, 0.25) is 11.8 Å². The third-order valence-electron chi connectivity index (χ3n) is 6.15. The molecule has 0 unspecified atom stereocenters. The number of benzene rings is 3. The number of likely N-dealkylation sites (N-methyl/N-ethyl adjacent to an activating group) is 1. The fourth-order valence-corrected chi connectivity index (χ4v) is 5.67. The lowest BCUT2D eigenvalue weighted by molar-refractivity contribution is -0.140. The Kier molecular flexibility index (Phi) is 9.93. The van der Waals surface area contributed by atoms with E-state index in [4.69, 9.17) is 4.74 Å². The number of carbonyl (C=O) groups is 2. The topological polar surface area (TPSA) is 96.0 Å². The number of nitrogens with zero attached hydrogens (tertiary/aromatic N) is 2. The highest BCUT2D eigenvalue weighted by molar-refractivity contribution is 9.10. The molecule has 8 nitrogen and oxygen atoms in total. The summed E-state index contributed by atoms with van der Waals surface area (Å²) >= 11 is 3.38. The van der Waals surface area contributed by atoms with Gasteiger partial charge in [-0.2, -0.15) is 0 Å². The lowest BCUT2D eigenvalue weighted by Crippen LogP contribution is -2.51. The molecule has 0 saturated carbocycles. The standard InChI is InChI=1S/C28H32BrN3O5S/c1-5-26(28(34)30-3)31(18-21-8-14-24(37-4)15-9-21)27(33)19-32(23-12-10-22(29)11-13-23)38(35,36)25-16-6-20(2)7-17-25/h6-17,26H,5,18-19H2,1-4H3,(H,30,34)/t26-/m1/s1. The number of rotatable bonds is 11. The molecule has 0 aliphatic carbocycles. The zero-order valence-corrected chi connectivity index (χ0v) is 24.3. The number of amides is 2. The van der Waals surface area contributed by atoms with Gasteiger partial charge in [-0.25, -0.2) is 8.42 Å². The number of aryl methyl sites for hydroxylation is 1. The maximum Gasteiger partial charge on any atom is 0.264 e. The van der Waals surface area contributed by atoms with Crippen molar-refractivity contribution >= 4 is 43.5 Å². The van der Waals surface area contributed by atoms with Crippen molar-refractivity contribution in [1.29, 1.82) is 0 Å². The molecule has 0 aliphatic heterocycles. The Bertz CT molecular complexity index is 1340. The van der Waals surface area contributed by atoms with Gasteiger partial charge in [0, 0.05) is 18.1 Å². The summed E-state index contributed by atoms with van der Waals surface area (Å²) < 4.78 is 34.7. The van der Waals surface area contributed by atoms with Crippen molar-refractivity contribution in [1.82, 2.24) is 10.2 Å². The number of hydrogen-bond acceptors (Lipinski definition) is 5. The maximum absolute atomic E-state index is 13.9. The molecule has 3 rings (SSSR count). The van der Waals surface area contributed by atoms with Crippen LogP contribution in [0.1, 0.15) is 24.5 Å². The van der Waals surface area contributed by atoms with Crippen molar-refractivity contribution in [3.05, 3.63) is 88.4 Å². The van der Waals surface area contributed by atoms with Crippen LogP contribution in [0, 0.1) is 6.92 Å². The van der Waals surface area contributed by atoms with E-state index in [-0.39, 0.29) is 17.3 Å². The zero-order valence-electron chi connectivity index (χ0n) is 21.8. The van der Waals surface area contributed by atoms with E-state index >= 15 is 0 Å². The van der Waals surface area contributed by atoms with Crippen molar-refractivity contribution in [3.63, 3.8) is 0 Å². The first-order valence-electron chi connectivity index (χ1n) is 12.1. The Morgan fingerprint density at radius 1 is 0.974 bits per heavy atom. The number of halogens is 1. The number of ether oxygens (including phenoxy) is 1. The van der Waals surface area contributed by atoms with Gasteiger partial charge in [0.1, 0.15) is 18.3 Å². The molecular weight excluding hydrogens is 570 g/mol. The molecule has 2 amide bonds. The average Bonchev–Trinajstić information content (AvgIpc) is 2.92. The van der Waals surface area contributed by atoms with Crippen LogP contribution in [0.3, 0.4) is 0 Å². The molecular formula is C28H32BrN3O5S. The number of anilines is 1. The summed E-state index contributed by atoms with van der Waals surface area (Å²) in [7, 11) is -1.02. The van der Waals surface area contributed by atoms with E-state index < -0.39 is 28.5 Å². The van der Waals surface area contributed by atoms with Crippen LogP contribution in [0.4, 0.5) is 5.69 Å². The van der Waals surface area contributed by atoms with Crippen LogP contribution >= 0.6 is 15.9 Å². The van der Waals surface area contributed by atoms with E-state index in [9.17, 15) is 18.0 Å². The highest BCUT2D eigenvalue weighted by Gasteiger charge is 2.33. The first kappa shape index (κ1) is 29.2. The summed E-state index contributed by atoms with van der Waals surface area (Å²) in [5.74, 6) is -0.170. The maximum atomic E-state index is 13.9. The van der Waals surface area contributed by atoms with Gasteiger partial charge in [-0.3, -0.25) is 13.9 Å². The average molecular weight is 603 g/mol. The van der Waals surface area contributed by atoms with E-state index in [1.165, 1.54) is 24.1 Å². The van der Waals surface area contributed by atoms with Crippen molar-refractivity contribution in [2.75, 3.05) is 25.0 Å². The first-order chi connectivity index (χ1) is 18.1. The molecule has 0 radical (unpaired) electrons. The van der Waals surface area contributed by atoms with Crippen LogP contribution in [-0.4, -0.2) is 51.9 Å². The van der Waals surface area contributed by atoms with Gasteiger partial charge in [-0.15, -0.1) is 0 Å². The Morgan fingerprint density at radius 3 is 2.11 bits per heavy atom. The summed E-state index contributed by atoms with van der Waals surface area (Å²) in [4.78, 5) is 28.1. The van der Waals surface area contributed by atoms with Crippen LogP contribution in [-0.2, 0) is 26.2 Å². The second-order valence-electron chi connectivity index (χ2n) is 8.71. The van der Waals surface area contributed by atoms with Crippen molar-refractivity contribution < 1.29 is 22.7 Å². The molecule has 3 aromatic rings. The summed E-state index contributed by atoms with van der Waals surface area (Å²) in [6.45, 7) is 3.31. The molecule has 0 fully saturated rings. The van der Waals surface area contributed by atoms with Gasteiger partial charge in [-0.1, -0.05) is 52.7 Å². The number of nitrogens with one attached hydrogen (secondary N) is 1. The van der Waals surface area contributed by atoms with Gasteiger partial charge < -0.3 is 15.0 Å². The molecule has 0 spiro atoms. The third kappa shape index (κ3) is 6.93. The fraction of sp³-hybridized carbons (Fsp3) is 0.286. The normalized spacial score (nSPS) is 11.9. The van der Waals surface area contributed by atoms with Crippen LogP contribution in [0.2, 0.25) is 0 Å². The monoisotopic (exact) mass is 601 g/mol. The molecule has 0 aromatic heterocycles. The quantitative estimate of drug-likeness (QED) is 0.349. The largest absolute Gasteiger partial charge is 0.497 e. The minimum Gasteiger partial charge on any atom is -0.497 e. The molecule has 202 valence electrons. The molecule has 0 aliphatic rings. The molecule has 1 N–H and O–H groups in total. The van der Waals surface area contributed by atoms with Gasteiger partial charge in [-0.05, 0) is 67.4 Å². The van der Waals surface area contributed by atoms with Gasteiger partial charge in [0.25, 0.3) is 10.0 Å². The number of methoxy groups -OCH3 is 1. The molecule has 0 bridgehead atoms. The first-order valence-corrected chi connectivity index (χ1v) is 14.3. The molecule has 3 aromatic carbocycles. The van der Waals surface area contributed by atoms with E-state index in [1.807, 2.05) is 26.0 Å². The predicted molar refractivity (Wildman–Crippen MR) is 152 cm³/mol. The summed E-state index contributed by atoms with van der Waals surface area (Å²) in [5, 5.41) is 2.62. The van der Waals surface area contributed by atoms with Crippen molar-refractivity contribution in [2.24, 2.45) is 0 Å². The van der Waals surface area contributed by atoms with Gasteiger partial charge in [0.15, 0.2) is 0 Å². The zero-order chi connectivity index (χ0) is 27.9. The highest BCUT2D eigenvalue weighted by Crippen LogP contribution is 2.26. The molecule has 38 heavy (non-hydrogen) atoms. The van der Waals surface area contributed by atoms with Gasteiger partial charge >= 0.3 is 0 Å². The molecule has 1 atom stereocenters. The fourth-order valence-electron chi connectivity index (χ4n) is 3.99. The Labute approximate surface area is 232 Å². The second-order valence-corrected chi connectivity index (χ2v) is 11.5. The van der Waals surface area contributed by atoms with Crippen LogP contribution in [0.5, 0.6) is 5.75 Å². The van der Waals surface area contributed by atoms with Crippen molar-refractivity contribution in [2.45, 2.75) is 37.8 Å². The van der Waals surface area contributed by atoms with Gasteiger partial charge in [0.05, 0.1) is 17.7 Å². The Balaban J connectivity index is 2.03. The summed E-state index contributed by atoms with van der Waals surface area (Å²) in [5.41, 5.74) is 2.02. The Hall–Kier alpha value is -3.37. The summed E-state index contributed by atoms with van der Waals surface area (Å²) in [6.07, 6.45) is 0.352. The minimum atomic E-state index is -4.10. The van der Waals surface area contributed by atoms with E-state index in [0.717, 1.165) is 19.9 Å². The number of sulfonamides is 1. The Morgan fingerprint density at radius 2 is 1.58 bits per heavy atom. The molecule has 10 heteroatoms. The lowest BCUT2D eigenvalue weighted by atomic mass is 10.1.